The van der Waals surface area contributed by atoms with Crippen molar-refractivity contribution >= 4 is 11.9 Å². The standard InChI is InChI=1S/C8H12O4/c1-3-11-8(10)6-4-7(6)12-5(2)9/h6-7H,3-4H2,1-2H3/t6-,7-/m1/s1. The van der Waals surface area contributed by atoms with Crippen LogP contribution in [-0.4, -0.2) is 24.6 Å². The van der Waals surface area contributed by atoms with Gasteiger partial charge in [0, 0.05) is 13.3 Å². The molecule has 0 N–H and O–H groups in total. The Hall–Kier alpha value is -1.06. The van der Waals surface area contributed by atoms with Gasteiger partial charge in [0.05, 0.1) is 12.5 Å². The molecule has 1 fully saturated rings. The van der Waals surface area contributed by atoms with Gasteiger partial charge in [0.25, 0.3) is 0 Å². The van der Waals surface area contributed by atoms with Gasteiger partial charge in [-0.3, -0.25) is 9.59 Å². The van der Waals surface area contributed by atoms with E-state index in [4.69, 9.17) is 9.47 Å². The van der Waals surface area contributed by atoms with E-state index in [-0.39, 0.29) is 24.0 Å². The van der Waals surface area contributed by atoms with Crippen LogP contribution in [0.3, 0.4) is 0 Å². The second kappa shape index (κ2) is 3.56. The fourth-order valence-corrected chi connectivity index (χ4v) is 1.01. The van der Waals surface area contributed by atoms with Crippen LogP contribution in [0.15, 0.2) is 0 Å². The van der Waals surface area contributed by atoms with E-state index in [2.05, 4.69) is 0 Å². The van der Waals surface area contributed by atoms with Gasteiger partial charge in [-0.15, -0.1) is 0 Å². The van der Waals surface area contributed by atoms with Crippen molar-refractivity contribution in [2.24, 2.45) is 5.92 Å². The summed E-state index contributed by atoms with van der Waals surface area (Å²) < 4.78 is 9.55. The first-order valence-electron chi connectivity index (χ1n) is 3.99. The summed E-state index contributed by atoms with van der Waals surface area (Å²) in [4.78, 5) is 21.4. The Morgan fingerprint density at radius 3 is 2.67 bits per heavy atom. The largest absolute Gasteiger partial charge is 0.466 e. The van der Waals surface area contributed by atoms with E-state index < -0.39 is 0 Å². The van der Waals surface area contributed by atoms with E-state index in [1.807, 2.05) is 0 Å². The first kappa shape index (κ1) is 9.03. The van der Waals surface area contributed by atoms with Crippen LogP contribution in [0.1, 0.15) is 20.3 Å². The molecule has 4 nitrogen and oxygen atoms in total. The average Bonchev–Trinajstić information content (AvgIpc) is 2.67. The third kappa shape index (κ3) is 2.22. The maximum absolute atomic E-state index is 11.0. The van der Waals surface area contributed by atoms with Crippen LogP contribution in [-0.2, 0) is 19.1 Å². The number of carbonyl (C=O) groups is 2. The first-order chi connectivity index (χ1) is 5.65. The molecule has 1 saturated carbocycles. The van der Waals surface area contributed by atoms with Crippen LogP contribution in [0.25, 0.3) is 0 Å². The monoisotopic (exact) mass is 172 g/mol. The lowest BCUT2D eigenvalue weighted by Crippen LogP contribution is -2.12. The molecule has 0 aromatic rings. The molecule has 0 unspecified atom stereocenters. The number of rotatable bonds is 3. The van der Waals surface area contributed by atoms with Gasteiger partial charge in [-0.1, -0.05) is 0 Å². The van der Waals surface area contributed by atoms with Crippen molar-refractivity contribution in [3.8, 4) is 0 Å². The highest BCUT2D eigenvalue weighted by Gasteiger charge is 2.47. The van der Waals surface area contributed by atoms with Gasteiger partial charge in [0.15, 0.2) is 0 Å². The van der Waals surface area contributed by atoms with E-state index in [1.54, 1.807) is 6.92 Å². The summed E-state index contributed by atoms with van der Waals surface area (Å²) in [7, 11) is 0. The van der Waals surface area contributed by atoms with E-state index in [1.165, 1.54) is 6.92 Å². The number of hydrogen-bond acceptors (Lipinski definition) is 4. The van der Waals surface area contributed by atoms with Gasteiger partial charge >= 0.3 is 11.9 Å². The number of esters is 2. The van der Waals surface area contributed by atoms with Crippen LogP contribution >= 0.6 is 0 Å². The molecular weight excluding hydrogens is 160 g/mol. The van der Waals surface area contributed by atoms with E-state index in [0.717, 1.165) is 0 Å². The first-order valence-corrected chi connectivity index (χ1v) is 3.99. The third-order valence-corrected chi connectivity index (χ3v) is 1.64. The van der Waals surface area contributed by atoms with Crippen molar-refractivity contribution in [1.82, 2.24) is 0 Å². The molecule has 0 aliphatic heterocycles. The predicted octanol–water partition coefficient (Wildman–Crippen LogP) is 0.501. The highest BCUT2D eigenvalue weighted by Crippen LogP contribution is 2.34. The van der Waals surface area contributed by atoms with Crippen molar-refractivity contribution in [2.45, 2.75) is 26.4 Å². The van der Waals surface area contributed by atoms with Crippen molar-refractivity contribution in [3.63, 3.8) is 0 Å². The van der Waals surface area contributed by atoms with E-state index in [9.17, 15) is 9.59 Å². The minimum absolute atomic E-state index is 0.214. The topological polar surface area (TPSA) is 52.6 Å². The summed E-state index contributed by atoms with van der Waals surface area (Å²) in [6, 6.07) is 0. The van der Waals surface area contributed by atoms with Crippen LogP contribution in [0.5, 0.6) is 0 Å². The second-order valence-electron chi connectivity index (χ2n) is 2.74. The maximum atomic E-state index is 11.0. The third-order valence-electron chi connectivity index (χ3n) is 1.64. The summed E-state index contributed by atoms with van der Waals surface area (Å²) in [5.74, 6) is -0.815. The SMILES string of the molecule is CCOC(=O)[C@@H]1C[C@H]1OC(C)=O. The zero-order valence-corrected chi connectivity index (χ0v) is 7.20. The molecule has 68 valence electrons. The summed E-state index contributed by atoms with van der Waals surface area (Å²) in [5, 5.41) is 0. The molecule has 0 radical (unpaired) electrons. The molecule has 0 aromatic heterocycles. The van der Waals surface area contributed by atoms with Crippen LogP contribution in [0.2, 0.25) is 0 Å². The normalized spacial score (nSPS) is 26.2. The Kier molecular flexibility index (Phi) is 2.68. The minimum Gasteiger partial charge on any atom is -0.466 e. The Morgan fingerprint density at radius 2 is 2.17 bits per heavy atom. The molecule has 1 rings (SSSR count). The molecule has 0 aromatic carbocycles. The fraction of sp³-hybridized carbons (Fsp3) is 0.750. The van der Waals surface area contributed by atoms with E-state index in [0.29, 0.717) is 13.0 Å². The summed E-state index contributed by atoms with van der Waals surface area (Å²) in [6.07, 6.45) is 0.375. The summed E-state index contributed by atoms with van der Waals surface area (Å²) in [5.41, 5.74) is 0. The maximum Gasteiger partial charge on any atom is 0.312 e. The highest BCUT2D eigenvalue weighted by molar-refractivity contribution is 5.77. The van der Waals surface area contributed by atoms with Gasteiger partial charge in [-0.2, -0.15) is 0 Å². The van der Waals surface area contributed by atoms with Gasteiger partial charge in [0.1, 0.15) is 6.10 Å². The molecule has 0 spiro atoms. The molecule has 0 saturated heterocycles. The predicted molar refractivity (Wildman–Crippen MR) is 40.3 cm³/mol. The van der Waals surface area contributed by atoms with Crippen LogP contribution < -0.4 is 0 Å². The molecule has 2 atom stereocenters. The Morgan fingerprint density at radius 1 is 1.50 bits per heavy atom. The Bertz CT molecular complexity index is 199. The number of carbonyl (C=O) groups excluding carboxylic acids is 2. The van der Waals surface area contributed by atoms with Crippen LogP contribution in [0.4, 0.5) is 0 Å². The van der Waals surface area contributed by atoms with Gasteiger partial charge in [0.2, 0.25) is 0 Å². The summed E-state index contributed by atoms with van der Waals surface area (Å²) >= 11 is 0. The quantitative estimate of drug-likeness (QED) is 0.582. The molecule has 1 aliphatic rings. The molecule has 0 heterocycles. The van der Waals surface area contributed by atoms with Gasteiger partial charge in [-0.25, -0.2) is 0 Å². The Balaban J connectivity index is 2.23. The highest BCUT2D eigenvalue weighted by atomic mass is 16.6. The number of hydrogen-bond donors (Lipinski definition) is 0. The molecule has 12 heavy (non-hydrogen) atoms. The molecule has 1 aliphatic carbocycles. The zero-order valence-electron chi connectivity index (χ0n) is 7.20. The lowest BCUT2D eigenvalue weighted by molar-refractivity contribution is -0.148. The smallest absolute Gasteiger partial charge is 0.312 e. The van der Waals surface area contributed by atoms with Gasteiger partial charge < -0.3 is 9.47 Å². The lowest BCUT2D eigenvalue weighted by atomic mass is 10.4. The molecule has 4 heteroatoms. The molecular formula is C8H12O4. The van der Waals surface area contributed by atoms with Gasteiger partial charge in [-0.05, 0) is 6.92 Å². The summed E-state index contributed by atoms with van der Waals surface area (Å²) in [6.45, 7) is 3.46. The Labute approximate surface area is 70.8 Å². The van der Waals surface area contributed by atoms with E-state index >= 15 is 0 Å². The second-order valence-corrected chi connectivity index (χ2v) is 2.74. The van der Waals surface area contributed by atoms with Crippen molar-refractivity contribution < 1.29 is 19.1 Å². The minimum atomic E-state index is -0.341. The fourth-order valence-electron chi connectivity index (χ4n) is 1.01. The van der Waals surface area contributed by atoms with Crippen LogP contribution in [0, 0.1) is 5.92 Å². The zero-order chi connectivity index (χ0) is 9.14. The molecule has 0 bridgehead atoms. The average molecular weight is 172 g/mol. The molecule has 0 amide bonds. The van der Waals surface area contributed by atoms with Crippen molar-refractivity contribution in [3.05, 3.63) is 0 Å². The lowest BCUT2D eigenvalue weighted by Gasteiger charge is -2.00. The van der Waals surface area contributed by atoms with Crippen molar-refractivity contribution in [2.75, 3.05) is 6.61 Å². The number of ether oxygens (including phenoxy) is 2. The van der Waals surface area contributed by atoms with Crippen molar-refractivity contribution in [1.29, 1.82) is 0 Å².